The number of carbonyl (C=O) groups excluding carboxylic acids is 2. The smallest absolute Gasteiger partial charge is 0.338 e. The van der Waals surface area contributed by atoms with Crippen LogP contribution in [0.1, 0.15) is 71.0 Å². The second kappa shape index (κ2) is 21.0. The second-order valence-corrected chi connectivity index (χ2v) is 13.7. The standard InChI is InChI=1S/C36H49F2N5O5S.ClH/c1-5-13-43(14-6-2)35(44)28-19-29(21-32(20-28)49(46,47)42-12-11-40-4)36(45)48-34(24-41-23-26-10-8-9-25(7-3)15-26)33(39)18-27-16-30(37)22-31(38)17-27;/h8-10,15-17,19-22,33-34,40-42H,5-7,11-14,18,23-24,39H2,1-4H3;1H/t33-,34+;/m0./s1. The maximum Gasteiger partial charge on any atom is 0.338 e. The van der Waals surface area contributed by atoms with Gasteiger partial charge in [-0.25, -0.2) is 26.7 Å². The number of aryl methyl sites for hydroxylation is 1. The van der Waals surface area contributed by atoms with Crippen molar-refractivity contribution in [3.63, 3.8) is 0 Å². The number of likely N-dealkylation sites (N-methyl/N-ethyl adjacent to an activating group) is 1. The molecule has 276 valence electrons. The Kier molecular flexibility index (Phi) is 18.0. The number of nitrogens with one attached hydrogen (secondary N) is 3. The Morgan fingerprint density at radius 2 is 1.52 bits per heavy atom. The van der Waals surface area contributed by atoms with Gasteiger partial charge in [-0.3, -0.25) is 4.79 Å². The molecule has 0 heterocycles. The number of nitrogens with zero attached hydrogens (tertiary/aromatic N) is 1. The van der Waals surface area contributed by atoms with E-state index < -0.39 is 45.7 Å². The minimum Gasteiger partial charge on any atom is -0.456 e. The lowest BCUT2D eigenvalue weighted by atomic mass is 10.0. The molecule has 0 saturated heterocycles. The molecule has 3 aromatic carbocycles. The molecule has 0 aliphatic heterocycles. The summed E-state index contributed by atoms with van der Waals surface area (Å²) in [6, 6.07) is 13.9. The molecule has 3 rings (SSSR count). The Morgan fingerprint density at radius 1 is 0.880 bits per heavy atom. The predicted molar refractivity (Wildman–Crippen MR) is 194 cm³/mol. The molecule has 0 bridgehead atoms. The van der Waals surface area contributed by atoms with Crippen LogP contribution >= 0.6 is 12.4 Å². The zero-order valence-corrected chi connectivity index (χ0v) is 30.8. The third-order valence-corrected chi connectivity index (χ3v) is 9.29. The molecule has 14 heteroatoms. The number of carbonyl (C=O) groups is 2. The van der Waals surface area contributed by atoms with E-state index in [9.17, 15) is 26.8 Å². The summed E-state index contributed by atoms with van der Waals surface area (Å²) >= 11 is 0. The van der Waals surface area contributed by atoms with Crippen LogP contribution in [0, 0.1) is 11.6 Å². The highest BCUT2D eigenvalue weighted by atomic mass is 35.5. The second-order valence-electron chi connectivity index (χ2n) is 11.9. The van der Waals surface area contributed by atoms with Gasteiger partial charge in [0, 0.05) is 56.9 Å². The van der Waals surface area contributed by atoms with Crippen molar-refractivity contribution < 1.29 is 31.5 Å². The van der Waals surface area contributed by atoms with E-state index in [1.165, 1.54) is 18.2 Å². The van der Waals surface area contributed by atoms with Gasteiger partial charge in [0.2, 0.25) is 10.0 Å². The summed E-state index contributed by atoms with van der Waals surface area (Å²) in [5.41, 5.74) is 8.82. The molecule has 0 unspecified atom stereocenters. The van der Waals surface area contributed by atoms with Gasteiger partial charge in [-0.2, -0.15) is 0 Å². The van der Waals surface area contributed by atoms with E-state index >= 15 is 0 Å². The zero-order chi connectivity index (χ0) is 36.0. The molecule has 2 atom stereocenters. The van der Waals surface area contributed by atoms with Gasteiger partial charge in [-0.1, -0.05) is 45.0 Å². The number of nitrogens with two attached hydrogens (primary N) is 1. The van der Waals surface area contributed by atoms with Gasteiger partial charge in [-0.15, -0.1) is 12.4 Å². The summed E-state index contributed by atoms with van der Waals surface area (Å²) in [6.45, 7) is 7.78. The first-order valence-corrected chi connectivity index (χ1v) is 18.2. The molecule has 0 fully saturated rings. The fraction of sp³-hybridized carbons (Fsp3) is 0.444. The summed E-state index contributed by atoms with van der Waals surface area (Å²) < 4.78 is 62.9. The lowest BCUT2D eigenvalue weighted by Gasteiger charge is -2.25. The highest BCUT2D eigenvalue weighted by molar-refractivity contribution is 7.89. The first kappa shape index (κ1) is 42.7. The van der Waals surface area contributed by atoms with Crippen molar-refractivity contribution in [2.45, 2.75) is 70.0 Å². The van der Waals surface area contributed by atoms with Crippen molar-refractivity contribution in [3.05, 3.63) is 100 Å². The van der Waals surface area contributed by atoms with Crippen LogP contribution in [0.15, 0.2) is 65.6 Å². The maximum absolute atomic E-state index is 14.0. The van der Waals surface area contributed by atoms with Crippen LogP contribution in [0.25, 0.3) is 0 Å². The monoisotopic (exact) mass is 737 g/mol. The predicted octanol–water partition coefficient (Wildman–Crippen LogP) is 4.59. The van der Waals surface area contributed by atoms with E-state index in [-0.39, 0.29) is 53.5 Å². The van der Waals surface area contributed by atoms with Crippen molar-refractivity contribution in [2.24, 2.45) is 5.73 Å². The molecular weight excluding hydrogens is 688 g/mol. The number of halogens is 3. The van der Waals surface area contributed by atoms with Gasteiger partial charge in [-0.05, 0) is 79.8 Å². The Bertz CT molecular complexity index is 1640. The molecule has 1 amide bonds. The van der Waals surface area contributed by atoms with E-state index in [4.69, 9.17) is 10.5 Å². The van der Waals surface area contributed by atoms with E-state index in [0.717, 1.165) is 35.7 Å². The zero-order valence-electron chi connectivity index (χ0n) is 29.1. The van der Waals surface area contributed by atoms with Crippen LogP contribution in [0.5, 0.6) is 0 Å². The molecule has 0 aliphatic rings. The van der Waals surface area contributed by atoms with Gasteiger partial charge in [0.05, 0.1) is 10.5 Å². The van der Waals surface area contributed by atoms with Crippen molar-refractivity contribution in [3.8, 4) is 0 Å². The lowest BCUT2D eigenvalue weighted by molar-refractivity contribution is 0.0238. The summed E-state index contributed by atoms with van der Waals surface area (Å²) in [6.07, 6.45) is 1.22. The summed E-state index contributed by atoms with van der Waals surface area (Å²) in [5, 5.41) is 6.12. The molecule has 0 saturated carbocycles. The molecule has 3 aromatic rings. The van der Waals surface area contributed by atoms with Crippen LogP contribution in [0.2, 0.25) is 0 Å². The maximum atomic E-state index is 14.0. The van der Waals surface area contributed by atoms with Crippen LogP contribution in [0.4, 0.5) is 8.78 Å². The topological polar surface area (TPSA) is 143 Å². The third kappa shape index (κ3) is 13.0. The number of sulfonamides is 1. The quantitative estimate of drug-likeness (QED) is 0.0975. The first-order chi connectivity index (χ1) is 23.4. The van der Waals surface area contributed by atoms with Gasteiger partial charge >= 0.3 is 5.97 Å². The molecule has 0 aromatic heterocycles. The Hall–Kier alpha value is -3.46. The van der Waals surface area contributed by atoms with Crippen molar-refractivity contribution in [1.29, 1.82) is 0 Å². The minimum absolute atomic E-state index is 0. The van der Waals surface area contributed by atoms with Crippen molar-refractivity contribution in [2.75, 3.05) is 39.8 Å². The van der Waals surface area contributed by atoms with Crippen LogP contribution in [-0.2, 0) is 34.1 Å². The van der Waals surface area contributed by atoms with E-state index in [1.54, 1.807) is 11.9 Å². The minimum atomic E-state index is -4.12. The molecule has 0 radical (unpaired) electrons. The number of rotatable bonds is 20. The molecule has 50 heavy (non-hydrogen) atoms. The number of ether oxygens (including phenoxy) is 1. The molecule has 0 aliphatic carbocycles. The highest BCUT2D eigenvalue weighted by Gasteiger charge is 2.27. The first-order valence-electron chi connectivity index (χ1n) is 16.7. The fourth-order valence-corrected chi connectivity index (χ4v) is 6.46. The van der Waals surface area contributed by atoms with Gasteiger partial charge < -0.3 is 26.0 Å². The fourth-order valence-electron chi connectivity index (χ4n) is 5.36. The van der Waals surface area contributed by atoms with Crippen molar-refractivity contribution >= 4 is 34.3 Å². The Balaban J connectivity index is 0.00000867. The number of hydrogen-bond acceptors (Lipinski definition) is 8. The van der Waals surface area contributed by atoms with Gasteiger partial charge in [0.25, 0.3) is 5.91 Å². The van der Waals surface area contributed by atoms with Crippen molar-refractivity contribution in [1.82, 2.24) is 20.3 Å². The lowest BCUT2D eigenvalue weighted by Crippen LogP contribution is -2.46. The Labute approximate surface area is 301 Å². The van der Waals surface area contributed by atoms with Crippen LogP contribution in [-0.4, -0.2) is 77.1 Å². The number of benzene rings is 3. The van der Waals surface area contributed by atoms with E-state index in [2.05, 4.69) is 28.3 Å². The average molecular weight is 738 g/mol. The number of amides is 1. The van der Waals surface area contributed by atoms with Crippen LogP contribution < -0.4 is 21.1 Å². The average Bonchev–Trinajstić information content (AvgIpc) is 3.06. The molecule has 10 nitrogen and oxygen atoms in total. The van der Waals surface area contributed by atoms with E-state index in [1.807, 2.05) is 32.0 Å². The van der Waals surface area contributed by atoms with Crippen LogP contribution in [0.3, 0.4) is 0 Å². The SMILES string of the molecule is CCCN(CCC)C(=O)c1cc(C(=O)O[C@H](CNCc2cccc(CC)c2)[C@@H](N)Cc2cc(F)cc(F)c2)cc(S(=O)(=O)NCCNC)c1.Cl. The summed E-state index contributed by atoms with van der Waals surface area (Å²) in [4.78, 5) is 28.8. The van der Waals surface area contributed by atoms with Gasteiger partial charge in [0.15, 0.2) is 0 Å². The summed E-state index contributed by atoms with van der Waals surface area (Å²) in [5.74, 6) is -2.84. The normalized spacial score (nSPS) is 12.5. The third-order valence-electron chi connectivity index (χ3n) is 7.84. The molecule has 5 N–H and O–H groups in total. The highest BCUT2D eigenvalue weighted by Crippen LogP contribution is 2.20. The molecule has 0 spiro atoms. The number of hydrogen-bond donors (Lipinski definition) is 4. The summed E-state index contributed by atoms with van der Waals surface area (Å²) in [7, 11) is -2.43. The van der Waals surface area contributed by atoms with E-state index in [0.29, 0.717) is 39.0 Å². The Morgan fingerprint density at radius 3 is 2.14 bits per heavy atom. The largest absolute Gasteiger partial charge is 0.456 e. The number of esters is 1. The van der Waals surface area contributed by atoms with Gasteiger partial charge in [0.1, 0.15) is 17.7 Å². The molecular formula is C36H50ClF2N5O5S.